The molecule has 1 aliphatic heterocycles. The average molecular weight is 429 g/mol. The van der Waals surface area contributed by atoms with Crippen molar-refractivity contribution < 1.29 is 13.2 Å². The fraction of sp³-hybridized carbons (Fsp3) is 0.263. The van der Waals surface area contributed by atoms with Gasteiger partial charge in [0.2, 0.25) is 0 Å². The minimum absolute atomic E-state index is 0.0192. The first kappa shape index (κ1) is 17.0. The number of hydrogen-bond acceptors (Lipinski definition) is 1. The van der Waals surface area contributed by atoms with E-state index in [-0.39, 0.29) is 23.4 Å². The van der Waals surface area contributed by atoms with E-state index >= 15 is 0 Å². The zero-order valence-corrected chi connectivity index (χ0v) is 15.3. The van der Waals surface area contributed by atoms with Crippen LogP contribution in [0.1, 0.15) is 35.1 Å². The van der Waals surface area contributed by atoms with E-state index in [4.69, 9.17) is 11.6 Å². The second-order valence-electron chi connectivity index (χ2n) is 6.38. The number of allylic oxidation sites excluding steroid dienone is 2. The van der Waals surface area contributed by atoms with Gasteiger partial charge < -0.3 is 5.32 Å². The molecule has 3 atom stereocenters. The summed E-state index contributed by atoms with van der Waals surface area (Å²) in [6, 6.07) is 10.1. The molecule has 4 rings (SSSR count). The van der Waals surface area contributed by atoms with Crippen molar-refractivity contribution >= 4 is 33.2 Å². The van der Waals surface area contributed by atoms with Crippen LogP contribution in [0.3, 0.4) is 0 Å². The molecule has 25 heavy (non-hydrogen) atoms. The lowest BCUT2D eigenvalue weighted by Crippen LogP contribution is -2.31. The quantitative estimate of drug-likeness (QED) is 0.485. The van der Waals surface area contributed by atoms with Crippen molar-refractivity contribution in [2.75, 3.05) is 5.32 Å². The number of nitrogens with one attached hydrogen (secondary N) is 1. The maximum Gasteiger partial charge on any atom is 0.416 e. The molecule has 130 valence electrons. The van der Waals surface area contributed by atoms with Gasteiger partial charge in [0, 0.05) is 10.4 Å². The lowest BCUT2D eigenvalue weighted by molar-refractivity contribution is -0.138. The van der Waals surface area contributed by atoms with Crippen LogP contribution in [0.25, 0.3) is 0 Å². The van der Waals surface area contributed by atoms with E-state index in [0.717, 1.165) is 22.5 Å². The molecule has 0 amide bonds. The Bertz CT molecular complexity index is 862. The number of halogens is 5. The van der Waals surface area contributed by atoms with Gasteiger partial charge in [0.15, 0.2) is 0 Å². The van der Waals surface area contributed by atoms with Crippen molar-refractivity contribution in [2.24, 2.45) is 5.92 Å². The van der Waals surface area contributed by atoms with E-state index in [1.54, 1.807) is 0 Å². The van der Waals surface area contributed by atoms with Crippen LogP contribution in [-0.2, 0) is 6.18 Å². The van der Waals surface area contributed by atoms with Gasteiger partial charge in [0.05, 0.1) is 22.3 Å². The summed E-state index contributed by atoms with van der Waals surface area (Å²) in [4.78, 5) is 0. The summed E-state index contributed by atoms with van der Waals surface area (Å²) < 4.78 is 41.6. The molecule has 0 radical (unpaired) electrons. The summed E-state index contributed by atoms with van der Waals surface area (Å²) in [5.74, 6) is -0.283. The normalized spacial score (nSPS) is 24.6. The predicted molar refractivity (Wildman–Crippen MR) is 96.9 cm³/mol. The summed E-state index contributed by atoms with van der Waals surface area (Å²) in [7, 11) is 0. The fourth-order valence-electron chi connectivity index (χ4n) is 3.96. The smallest absolute Gasteiger partial charge is 0.376 e. The van der Waals surface area contributed by atoms with Gasteiger partial charge >= 0.3 is 6.18 Å². The average Bonchev–Trinajstić information content (AvgIpc) is 3.04. The topological polar surface area (TPSA) is 12.0 Å². The Morgan fingerprint density at radius 1 is 1.12 bits per heavy atom. The largest absolute Gasteiger partial charge is 0.416 e. The first-order chi connectivity index (χ1) is 11.9. The number of fused-ring (bicyclic) bond motifs is 3. The van der Waals surface area contributed by atoms with Crippen molar-refractivity contribution in [3.63, 3.8) is 0 Å². The van der Waals surface area contributed by atoms with E-state index in [1.165, 1.54) is 6.07 Å². The number of rotatable bonds is 1. The molecule has 0 bridgehead atoms. The molecule has 0 saturated carbocycles. The highest BCUT2D eigenvalue weighted by Crippen LogP contribution is 2.55. The Kier molecular flexibility index (Phi) is 4.12. The second kappa shape index (κ2) is 6.06. The van der Waals surface area contributed by atoms with Crippen LogP contribution in [0.2, 0.25) is 5.02 Å². The molecule has 2 aliphatic rings. The monoisotopic (exact) mass is 427 g/mol. The van der Waals surface area contributed by atoms with E-state index in [1.807, 2.05) is 36.4 Å². The van der Waals surface area contributed by atoms with Gasteiger partial charge in [0.25, 0.3) is 0 Å². The summed E-state index contributed by atoms with van der Waals surface area (Å²) in [6.45, 7) is 0. The first-order valence-electron chi connectivity index (χ1n) is 7.95. The van der Waals surface area contributed by atoms with Crippen LogP contribution in [0.5, 0.6) is 0 Å². The SMILES string of the molecule is FC(F)(F)c1ccc(Cl)c2c1[C@@H]1C=CC[C@H]1[C@H](c1ccccc1Br)N2. The molecule has 0 spiro atoms. The van der Waals surface area contributed by atoms with E-state index in [0.29, 0.717) is 10.7 Å². The number of benzene rings is 2. The number of hydrogen-bond donors (Lipinski definition) is 1. The van der Waals surface area contributed by atoms with Gasteiger partial charge in [-0.2, -0.15) is 13.2 Å². The molecule has 0 unspecified atom stereocenters. The van der Waals surface area contributed by atoms with E-state index in [2.05, 4.69) is 21.2 Å². The highest BCUT2D eigenvalue weighted by atomic mass is 79.9. The highest BCUT2D eigenvalue weighted by Gasteiger charge is 2.45. The molecule has 0 fully saturated rings. The van der Waals surface area contributed by atoms with Crippen molar-refractivity contribution in [1.82, 2.24) is 0 Å². The Morgan fingerprint density at radius 2 is 1.88 bits per heavy atom. The Balaban J connectivity index is 1.90. The molecule has 1 nitrogen and oxygen atoms in total. The molecule has 2 aromatic rings. The number of alkyl halides is 3. The lowest BCUT2D eigenvalue weighted by atomic mass is 9.75. The van der Waals surface area contributed by atoms with E-state index < -0.39 is 11.7 Å². The fourth-order valence-corrected chi connectivity index (χ4v) is 4.71. The van der Waals surface area contributed by atoms with Gasteiger partial charge in [-0.05, 0) is 41.7 Å². The van der Waals surface area contributed by atoms with Crippen molar-refractivity contribution in [3.05, 3.63) is 74.7 Å². The van der Waals surface area contributed by atoms with Crippen LogP contribution in [-0.4, -0.2) is 0 Å². The summed E-state index contributed by atoms with van der Waals surface area (Å²) >= 11 is 9.84. The van der Waals surface area contributed by atoms with Gasteiger partial charge in [-0.15, -0.1) is 0 Å². The second-order valence-corrected chi connectivity index (χ2v) is 7.64. The summed E-state index contributed by atoms with van der Waals surface area (Å²) in [5, 5.41) is 3.62. The van der Waals surface area contributed by atoms with Crippen molar-refractivity contribution in [2.45, 2.75) is 24.6 Å². The zero-order valence-electron chi connectivity index (χ0n) is 12.9. The van der Waals surface area contributed by atoms with Crippen molar-refractivity contribution in [3.8, 4) is 0 Å². The third kappa shape index (κ3) is 2.77. The third-order valence-corrected chi connectivity index (χ3v) is 6.05. The van der Waals surface area contributed by atoms with Crippen LogP contribution in [0.15, 0.2) is 53.0 Å². The van der Waals surface area contributed by atoms with Crippen LogP contribution < -0.4 is 5.32 Å². The van der Waals surface area contributed by atoms with Gasteiger partial charge in [0.1, 0.15) is 0 Å². The molecular weight excluding hydrogens is 415 g/mol. The minimum Gasteiger partial charge on any atom is -0.376 e. The lowest BCUT2D eigenvalue weighted by Gasteiger charge is -2.39. The van der Waals surface area contributed by atoms with Crippen LogP contribution in [0, 0.1) is 5.92 Å². The van der Waals surface area contributed by atoms with Crippen LogP contribution in [0.4, 0.5) is 18.9 Å². The number of anilines is 1. The maximum atomic E-state index is 13.5. The van der Waals surface area contributed by atoms with Gasteiger partial charge in [-0.3, -0.25) is 0 Å². The molecule has 0 saturated heterocycles. The molecule has 1 N–H and O–H groups in total. The third-order valence-electron chi connectivity index (χ3n) is 5.01. The first-order valence-corrected chi connectivity index (χ1v) is 9.12. The Morgan fingerprint density at radius 3 is 2.60 bits per heavy atom. The standard InChI is InChI=1S/C19H14BrClF3N/c20-14-7-2-1-4-12(14)17-11-6-3-5-10(11)16-13(19(22,23)24)8-9-15(21)18(16)25-17/h1-5,7-11,17,25H,6H2/t10-,11-,17-/m1/s1. The minimum atomic E-state index is -4.41. The summed E-state index contributed by atoms with van der Waals surface area (Å²) in [6.07, 6.45) is 0.182. The highest BCUT2D eigenvalue weighted by molar-refractivity contribution is 9.10. The maximum absolute atomic E-state index is 13.5. The Hall–Kier alpha value is -1.46. The van der Waals surface area contributed by atoms with E-state index in [9.17, 15) is 13.2 Å². The van der Waals surface area contributed by atoms with Crippen molar-refractivity contribution in [1.29, 1.82) is 0 Å². The Labute approximate surface area is 157 Å². The molecule has 2 aromatic carbocycles. The molecule has 6 heteroatoms. The predicted octanol–water partition coefficient (Wildman–Crippen LogP) is 6.95. The zero-order chi connectivity index (χ0) is 17.8. The van der Waals surface area contributed by atoms with Gasteiger partial charge in [-0.1, -0.05) is 57.9 Å². The van der Waals surface area contributed by atoms with Gasteiger partial charge in [-0.25, -0.2) is 0 Å². The van der Waals surface area contributed by atoms with Crippen LogP contribution >= 0.6 is 27.5 Å². The molecule has 1 aliphatic carbocycles. The molecule has 0 aromatic heterocycles. The summed E-state index contributed by atoms with van der Waals surface area (Å²) in [5.41, 5.74) is 1.08. The molecule has 1 heterocycles. The molecular formula is C19H14BrClF3N.